The fraction of sp³-hybridized carbons (Fsp3) is 0.273. The van der Waals surface area contributed by atoms with Gasteiger partial charge in [0.2, 0.25) is 0 Å². The van der Waals surface area contributed by atoms with Gasteiger partial charge in [0.1, 0.15) is 11.3 Å². The van der Waals surface area contributed by atoms with Crippen molar-refractivity contribution in [2.45, 2.75) is 20.4 Å². The molecule has 8 nitrogen and oxygen atoms in total. The zero-order valence-electron chi connectivity index (χ0n) is 17.3. The van der Waals surface area contributed by atoms with Crippen LogP contribution in [0.4, 0.5) is 5.69 Å². The number of nitro benzene ring substituents is 1. The molecule has 1 amide bonds. The van der Waals surface area contributed by atoms with Crippen molar-refractivity contribution in [2.75, 3.05) is 19.8 Å². The van der Waals surface area contributed by atoms with Gasteiger partial charge in [-0.2, -0.15) is 4.99 Å². The van der Waals surface area contributed by atoms with Crippen molar-refractivity contribution in [1.29, 1.82) is 0 Å². The average molecular weight is 442 g/mol. The van der Waals surface area contributed by atoms with Crippen LogP contribution in [-0.4, -0.2) is 35.2 Å². The summed E-state index contributed by atoms with van der Waals surface area (Å²) < 4.78 is 14.2. The van der Waals surface area contributed by atoms with E-state index in [1.54, 1.807) is 12.1 Å². The van der Waals surface area contributed by atoms with Gasteiger partial charge in [-0.1, -0.05) is 29.5 Å². The van der Waals surface area contributed by atoms with Crippen molar-refractivity contribution >= 4 is 39.2 Å². The van der Waals surface area contributed by atoms with E-state index in [1.807, 2.05) is 36.6 Å². The lowest BCUT2D eigenvalue weighted by atomic mass is 10.2. The van der Waals surface area contributed by atoms with Crippen molar-refractivity contribution in [3.63, 3.8) is 0 Å². The van der Waals surface area contributed by atoms with Gasteiger partial charge >= 0.3 is 0 Å². The molecular weight excluding hydrogens is 418 g/mol. The molecule has 3 rings (SSSR count). The molecule has 0 fully saturated rings. The van der Waals surface area contributed by atoms with E-state index in [4.69, 9.17) is 9.47 Å². The Balaban J connectivity index is 1.97. The van der Waals surface area contributed by atoms with Crippen molar-refractivity contribution in [3.05, 3.63) is 69.0 Å². The number of carbonyl (C=O) groups is 1. The number of non-ortho nitro benzene ring substituents is 1. The summed E-state index contributed by atoms with van der Waals surface area (Å²) in [4.78, 5) is 27.8. The molecule has 0 atom stereocenters. The maximum Gasteiger partial charge on any atom is 0.272 e. The molecule has 31 heavy (non-hydrogen) atoms. The first-order valence-electron chi connectivity index (χ1n) is 9.87. The number of fused-ring (bicyclic) bond motifs is 1. The molecule has 1 heterocycles. The third-order valence-electron chi connectivity index (χ3n) is 4.33. The third kappa shape index (κ3) is 5.65. The zero-order chi connectivity index (χ0) is 22.2. The smallest absolute Gasteiger partial charge is 0.272 e. The molecule has 1 aromatic heterocycles. The number of aromatic nitrogens is 1. The normalized spacial score (nSPS) is 12.0. The van der Waals surface area contributed by atoms with Gasteiger partial charge in [0.25, 0.3) is 11.6 Å². The molecular formula is C22H23N3O5S. The Hall–Kier alpha value is -3.30. The number of hydrogen-bond donors (Lipinski definition) is 0. The van der Waals surface area contributed by atoms with Crippen LogP contribution in [0.25, 0.3) is 16.3 Å². The molecule has 0 saturated heterocycles. The molecule has 0 aliphatic rings. The number of rotatable bonds is 9. The molecule has 2 aromatic carbocycles. The first kappa shape index (κ1) is 22.4. The lowest BCUT2D eigenvalue weighted by Gasteiger charge is -2.09. The first-order valence-corrected chi connectivity index (χ1v) is 10.7. The predicted molar refractivity (Wildman–Crippen MR) is 120 cm³/mol. The number of para-hydroxylation sites is 1. The summed E-state index contributed by atoms with van der Waals surface area (Å²) in [6.45, 7) is 5.97. The van der Waals surface area contributed by atoms with Crippen molar-refractivity contribution in [3.8, 4) is 5.75 Å². The molecule has 162 valence electrons. The van der Waals surface area contributed by atoms with Crippen molar-refractivity contribution < 1.29 is 19.2 Å². The van der Waals surface area contributed by atoms with E-state index in [0.717, 1.165) is 16.0 Å². The van der Waals surface area contributed by atoms with E-state index in [0.29, 0.717) is 36.7 Å². The van der Waals surface area contributed by atoms with Crippen molar-refractivity contribution in [1.82, 2.24) is 4.57 Å². The van der Waals surface area contributed by atoms with E-state index in [9.17, 15) is 14.9 Å². The van der Waals surface area contributed by atoms with Gasteiger partial charge in [-0.25, -0.2) is 0 Å². The summed E-state index contributed by atoms with van der Waals surface area (Å²) in [6, 6.07) is 11.8. The second-order valence-corrected chi connectivity index (χ2v) is 7.41. The summed E-state index contributed by atoms with van der Waals surface area (Å²) in [5, 5.41) is 10.9. The minimum absolute atomic E-state index is 0.0340. The molecule has 0 saturated carbocycles. The Labute approximate surface area is 183 Å². The van der Waals surface area contributed by atoms with E-state index in [2.05, 4.69) is 4.99 Å². The van der Waals surface area contributed by atoms with E-state index >= 15 is 0 Å². The highest BCUT2D eigenvalue weighted by atomic mass is 32.1. The SMILES string of the molecule is CCOCCn1c(=NC(=O)C=Cc2cccc([N+](=O)[O-])c2)sc2cccc(OCC)c21. The molecule has 0 spiro atoms. The van der Waals surface area contributed by atoms with E-state index in [-0.39, 0.29) is 5.69 Å². The molecule has 0 aliphatic heterocycles. The Morgan fingerprint density at radius 1 is 1.23 bits per heavy atom. The first-order chi connectivity index (χ1) is 15.0. The van der Waals surface area contributed by atoms with Crippen LogP contribution in [0.2, 0.25) is 0 Å². The van der Waals surface area contributed by atoms with Crippen LogP contribution in [0.5, 0.6) is 5.75 Å². The largest absolute Gasteiger partial charge is 0.492 e. The van der Waals surface area contributed by atoms with Crippen LogP contribution in [-0.2, 0) is 16.1 Å². The van der Waals surface area contributed by atoms with Gasteiger partial charge in [0, 0.05) is 31.4 Å². The molecule has 0 radical (unpaired) electrons. The van der Waals surface area contributed by atoms with E-state index in [1.165, 1.54) is 35.6 Å². The molecule has 3 aromatic rings. The van der Waals surface area contributed by atoms with Gasteiger partial charge < -0.3 is 14.0 Å². The standard InChI is InChI=1S/C22H23N3O5S/c1-3-29-14-13-24-21-18(30-4-2)9-6-10-19(21)31-22(24)23-20(26)12-11-16-7-5-8-17(15-16)25(27)28/h5-12,15H,3-4,13-14H2,1-2H3. The second-order valence-electron chi connectivity index (χ2n) is 6.40. The Bertz CT molecular complexity index is 1180. The van der Waals surface area contributed by atoms with Crippen LogP contribution >= 0.6 is 11.3 Å². The number of thiazole rings is 1. The van der Waals surface area contributed by atoms with Gasteiger partial charge in [-0.15, -0.1) is 0 Å². The predicted octanol–water partition coefficient (Wildman–Crippen LogP) is 4.19. The maximum absolute atomic E-state index is 12.5. The van der Waals surface area contributed by atoms with Crippen LogP contribution in [0.15, 0.2) is 53.5 Å². The number of nitrogens with zero attached hydrogens (tertiary/aromatic N) is 3. The zero-order valence-corrected chi connectivity index (χ0v) is 18.1. The Morgan fingerprint density at radius 2 is 2.03 bits per heavy atom. The minimum atomic E-state index is -0.474. The summed E-state index contributed by atoms with van der Waals surface area (Å²) in [7, 11) is 0. The van der Waals surface area contributed by atoms with Crippen LogP contribution < -0.4 is 9.54 Å². The number of nitro groups is 1. The Morgan fingerprint density at radius 3 is 2.77 bits per heavy atom. The fourth-order valence-corrected chi connectivity index (χ4v) is 4.08. The maximum atomic E-state index is 12.5. The second kappa shape index (κ2) is 10.6. The number of amides is 1. The van der Waals surface area contributed by atoms with Gasteiger partial charge in [-0.3, -0.25) is 14.9 Å². The Kier molecular flexibility index (Phi) is 7.69. The topological polar surface area (TPSA) is 96.0 Å². The van der Waals surface area contributed by atoms with Crippen molar-refractivity contribution in [2.24, 2.45) is 4.99 Å². The molecule has 0 unspecified atom stereocenters. The molecule has 0 N–H and O–H groups in total. The van der Waals surface area contributed by atoms with Crippen LogP contribution in [0.3, 0.4) is 0 Å². The summed E-state index contributed by atoms with van der Waals surface area (Å²) in [5.41, 5.74) is 1.40. The van der Waals surface area contributed by atoms with Gasteiger partial charge in [-0.05, 0) is 37.6 Å². The van der Waals surface area contributed by atoms with Crippen LogP contribution in [0.1, 0.15) is 19.4 Å². The number of benzene rings is 2. The lowest BCUT2D eigenvalue weighted by Crippen LogP contribution is -2.19. The molecule has 0 aliphatic carbocycles. The van der Waals surface area contributed by atoms with Gasteiger partial charge in [0.05, 0.1) is 22.8 Å². The average Bonchev–Trinajstić information content (AvgIpc) is 3.11. The highest BCUT2D eigenvalue weighted by molar-refractivity contribution is 7.16. The molecule has 9 heteroatoms. The monoisotopic (exact) mass is 441 g/mol. The summed E-state index contributed by atoms with van der Waals surface area (Å²) in [5.74, 6) is 0.273. The number of hydrogen-bond acceptors (Lipinski definition) is 6. The van der Waals surface area contributed by atoms with E-state index < -0.39 is 10.8 Å². The highest BCUT2D eigenvalue weighted by Gasteiger charge is 2.12. The number of carbonyl (C=O) groups excluding carboxylic acids is 1. The third-order valence-corrected chi connectivity index (χ3v) is 5.38. The summed E-state index contributed by atoms with van der Waals surface area (Å²) >= 11 is 1.40. The van der Waals surface area contributed by atoms with Gasteiger partial charge in [0.15, 0.2) is 4.80 Å². The lowest BCUT2D eigenvalue weighted by molar-refractivity contribution is -0.384. The number of ether oxygens (including phenoxy) is 2. The quantitative estimate of drug-likeness (QED) is 0.215. The molecule has 0 bridgehead atoms. The summed E-state index contributed by atoms with van der Waals surface area (Å²) in [6.07, 6.45) is 2.82. The highest BCUT2D eigenvalue weighted by Crippen LogP contribution is 2.27. The minimum Gasteiger partial charge on any atom is -0.492 e. The van der Waals surface area contributed by atoms with Crippen LogP contribution in [0, 0.1) is 10.1 Å². The fourth-order valence-electron chi connectivity index (χ4n) is 3.00.